The van der Waals surface area contributed by atoms with Crippen molar-refractivity contribution in [2.45, 2.75) is 19.3 Å². The molecule has 7 heteroatoms. The monoisotopic (exact) mass is 318 g/mol. The predicted octanol–water partition coefficient (Wildman–Crippen LogP) is 2.35. The van der Waals surface area contributed by atoms with Crippen LogP contribution in [0.1, 0.15) is 11.1 Å². The van der Waals surface area contributed by atoms with Gasteiger partial charge in [0.2, 0.25) is 0 Å². The lowest BCUT2D eigenvalue weighted by Gasteiger charge is -2.11. The Hall–Kier alpha value is -2.80. The summed E-state index contributed by atoms with van der Waals surface area (Å²) in [5.41, 5.74) is 3.28. The fraction of sp³-hybridized carbons (Fsp3) is 0.188. The molecular weight excluding hydrogens is 303 g/mol. The Morgan fingerprint density at radius 2 is 2.09 bits per heavy atom. The Labute approximate surface area is 131 Å². The number of rotatable bonds is 4. The standard InChI is InChI=1S/C16H15FN2O4/c17-12-4-1-10(2-5-12)9-22-13-6-3-11-7-15(18-16(20)19-21)23-14(11)8-13/h1-6,8,15,21H,7,9H2,(H2,18,19,20). The Balaban J connectivity index is 1.61. The summed E-state index contributed by atoms with van der Waals surface area (Å²) in [5, 5.41) is 10.9. The number of benzene rings is 2. The first-order valence-electron chi connectivity index (χ1n) is 7.01. The van der Waals surface area contributed by atoms with Crippen LogP contribution in [-0.2, 0) is 13.0 Å². The summed E-state index contributed by atoms with van der Waals surface area (Å²) in [4.78, 5) is 11.1. The van der Waals surface area contributed by atoms with Crippen LogP contribution in [0.25, 0.3) is 0 Å². The van der Waals surface area contributed by atoms with Gasteiger partial charge in [-0.05, 0) is 23.8 Å². The van der Waals surface area contributed by atoms with Gasteiger partial charge in [0, 0.05) is 18.1 Å². The molecule has 0 bridgehead atoms. The molecule has 3 N–H and O–H groups in total. The van der Waals surface area contributed by atoms with Gasteiger partial charge in [0.1, 0.15) is 23.9 Å². The van der Waals surface area contributed by atoms with Crippen molar-refractivity contribution in [1.29, 1.82) is 0 Å². The van der Waals surface area contributed by atoms with Gasteiger partial charge in [-0.3, -0.25) is 5.21 Å². The summed E-state index contributed by atoms with van der Waals surface area (Å²) in [6.45, 7) is 0.313. The summed E-state index contributed by atoms with van der Waals surface area (Å²) in [6, 6.07) is 10.8. The molecular formula is C16H15FN2O4. The second-order valence-corrected chi connectivity index (χ2v) is 5.08. The van der Waals surface area contributed by atoms with E-state index in [0.29, 0.717) is 24.5 Å². The summed E-state index contributed by atoms with van der Waals surface area (Å²) < 4.78 is 24.1. The molecule has 0 aliphatic carbocycles. The van der Waals surface area contributed by atoms with E-state index in [2.05, 4.69) is 5.32 Å². The van der Waals surface area contributed by atoms with Crippen molar-refractivity contribution >= 4 is 6.03 Å². The SMILES string of the molecule is O=C(NO)NC1Cc2ccc(OCc3ccc(F)cc3)cc2O1. The van der Waals surface area contributed by atoms with Gasteiger partial charge in [0.15, 0.2) is 6.23 Å². The van der Waals surface area contributed by atoms with E-state index in [0.717, 1.165) is 11.1 Å². The maximum Gasteiger partial charge on any atom is 0.341 e. The van der Waals surface area contributed by atoms with Crippen LogP contribution >= 0.6 is 0 Å². The minimum Gasteiger partial charge on any atom is -0.489 e. The van der Waals surface area contributed by atoms with Crippen molar-refractivity contribution in [3.05, 3.63) is 59.4 Å². The van der Waals surface area contributed by atoms with E-state index in [-0.39, 0.29) is 5.82 Å². The van der Waals surface area contributed by atoms with Crippen LogP contribution < -0.4 is 20.3 Å². The van der Waals surface area contributed by atoms with E-state index in [1.54, 1.807) is 24.3 Å². The van der Waals surface area contributed by atoms with Gasteiger partial charge in [-0.2, -0.15) is 0 Å². The Morgan fingerprint density at radius 1 is 1.30 bits per heavy atom. The molecule has 120 valence electrons. The van der Waals surface area contributed by atoms with Crippen LogP contribution in [0.4, 0.5) is 9.18 Å². The first kappa shape index (κ1) is 15.1. The normalized spacial score (nSPS) is 15.5. The molecule has 0 saturated carbocycles. The molecule has 3 rings (SSSR count). The number of carbonyl (C=O) groups is 1. The van der Waals surface area contributed by atoms with Crippen LogP contribution in [-0.4, -0.2) is 17.5 Å². The zero-order chi connectivity index (χ0) is 16.2. The van der Waals surface area contributed by atoms with E-state index in [1.165, 1.54) is 17.6 Å². The van der Waals surface area contributed by atoms with E-state index in [4.69, 9.17) is 14.7 Å². The molecule has 6 nitrogen and oxygen atoms in total. The van der Waals surface area contributed by atoms with Crippen LogP contribution in [0.2, 0.25) is 0 Å². The van der Waals surface area contributed by atoms with Crippen molar-refractivity contribution in [2.75, 3.05) is 0 Å². The third-order valence-corrected chi connectivity index (χ3v) is 3.43. The minimum absolute atomic E-state index is 0.287. The summed E-state index contributed by atoms with van der Waals surface area (Å²) >= 11 is 0. The highest BCUT2D eigenvalue weighted by atomic mass is 19.1. The molecule has 1 unspecified atom stereocenters. The lowest BCUT2D eigenvalue weighted by molar-refractivity contribution is 0.137. The Kier molecular flexibility index (Phi) is 4.29. The van der Waals surface area contributed by atoms with Crippen molar-refractivity contribution in [2.24, 2.45) is 0 Å². The molecule has 2 amide bonds. The number of amides is 2. The van der Waals surface area contributed by atoms with Gasteiger partial charge < -0.3 is 14.8 Å². The number of hydrogen-bond acceptors (Lipinski definition) is 4. The molecule has 1 aliphatic heterocycles. The number of urea groups is 1. The average Bonchev–Trinajstić information content (AvgIpc) is 2.95. The molecule has 1 heterocycles. The number of halogens is 1. The molecule has 2 aromatic carbocycles. The summed E-state index contributed by atoms with van der Waals surface area (Å²) in [7, 11) is 0. The molecule has 0 radical (unpaired) electrons. The highest BCUT2D eigenvalue weighted by Crippen LogP contribution is 2.32. The predicted molar refractivity (Wildman–Crippen MR) is 78.7 cm³/mol. The van der Waals surface area contributed by atoms with E-state index < -0.39 is 12.3 Å². The first-order valence-corrected chi connectivity index (χ1v) is 7.01. The second kappa shape index (κ2) is 6.53. The number of ether oxygens (including phenoxy) is 2. The number of hydrogen-bond donors (Lipinski definition) is 3. The Bertz CT molecular complexity index is 706. The third kappa shape index (κ3) is 3.70. The largest absolute Gasteiger partial charge is 0.489 e. The first-order chi connectivity index (χ1) is 11.1. The van der Waals surface area contributed by atoms with Gasteiger partial charge in [0.25, 0.3) is 0 Å². The van der Waals surface area contributed by atoms with E-state index >= 15 is 0 Å². The van der Waals surface area contributed by atoms with Gasteiger partial charge >= 0.3 is 6.03 Å². The maximum absolute atomic E-state index is 12.8. The number of nitrogens with one attached hydrogen (secondary N) is 2. The Morgan fingerprint density at radius 3 is 2.83 bits per heavy atom. The quantitative estimate of drug-likeness (QED) is 0.597. The van der Waals surface area contributed by atoms with E-state index in [9.17, 15) is 9.18 Å². The van der Waals surface area contributed by atoms with Crippen LogP contribution in [0.15, 0.2) is 42.5 Å². The molecule has 0 aromatic heterocycles. The molecule has 0 fully saturated rings. The van der Waals surface area contributed by atoms with Crippen molar-refractivity contribution in [1.82, 2.24) is 10.8 Å². The third-order valence-electron chi connectivity index (χ3n) is 3.43. The smallest absolute Gasteiger partial charge is 0.341 e. The number of hydroxylamine groups is 1. The zero-order valence-electron chi connectivity index (χ0n) is 12.1. The number of carbonyl (C=O) groups excluding carboxylic acids is 1. The highest BCUT2D eigenvalue weighted by molar-refractivity contribution is 5.72. The lowest BCUT2D eigenvalue weighted by atomic mass is 10.1. The lowest BCUT2D eigenvalue weighted by Crippen LogP contribution is -2.43. The van der Waals surface area contributed by atoms with Crippen LogP contribution in [0, 0.1) is 5.82 Å². The number of fused-ring (bicyclic) bond motifs is 1. The van der Waals surface area contributed by atoms with Crippen molar-refractivity contribution < 1.29 is 23.9 Å². The van der Waals surface area contributed by atoms with E-state index in [1.807, 2.05) is 6.07 Å². The molecule has 23 heavy (non-hydrogen) atoms. The van der Waals surface area contributed by atoms with Crippen molar-refractivity contribution in [3.63, 3.8) is 0 Å². The fourth-order valence-electron chi connectivity index (χ4n) is 2.30. The van der Waals surface area contributed by atoms with Gasteiger partial charge in [-0.25, -0.2) is 14.7 Å². The zero-order valence-corrected chi connectivity index (χ0v) is 12.1. The van der Waals surface area contributed by atoms with Gasteiger partial charge in [-0.15, -0.1) is 0 Å². The highest BCUT2D eigenvalue weighted by Gasteiger charge is 2.24. The van der Waals surface area contributed by atoms with Crippen LogP contribution in [0.5, 0.6) is 11.5 Å². The molecule has 2 aromatic rings. The maximum atomic E-state index is 12.8. The fourth-order valence-corrected chi connectivity index (χ4v) is 2.30. The molecule has 0 spiro atoms. The average molecular weight is 318 g/mol. The topological polar surface area (TPSA) is 79.8 Å². The minimum atomic E-state index is -0.726. The second-order valence-electron chi connectivity index (χ2n) is 5.08. The summed E-state index contributed by atoms with van der Waals surface area (Å²) in [5.74, 6) is 0.940. The summed E-state index contributed by atoms with van der Waals surface area (Å²) in [6.07, 6.45) is -0.0365. The van der Waals surface area contributed by atoms with Gasteiger partial charge in [-0.1, -0.05) is 18.2 Å². The molecule has 1 aliphatic rings. The van der Waals surface area contributed by atoms with Crippen LogP contribution in [0.3, 0.4) is 0 Å². The van der Waals surface area contributed by atoms with Gasteiger partial charge in [0.05, 0.1) is 0 Å². The van der Waals surface area contributed by atoms with Crippen molar-refractivity contribution in [3.8, 4) is 11.5 Å². The molecule has 0 saturated heterocycles. The molecule has 1 atom stereocenters.